The van der Waals surface area contributed by atoms with E-state index in [0.29, 0.717) is 0 Å². The Labute approximate surface area is 55.1 Å². The molecule has 0 atom stereocenters. The minimum absolute atomic E-state index is 0.875. The van der Waals surface area contributed by atoms with Crippen LogP contribution in [0.1, 0.15) is 19.8 Å². The summed E-state index contributed by atoms with van der Waals surface area (Å²) in [5.41, 5.74) is 2.27. The van der Waals surface area contributed by atoms with Gasteiger partial charge in [0.2, 0.25) is 0 Å². The van der Waals surface area contributed by atoms with E-state index in [4.69, 9.17) is 0 Å². The Morgan fingerprint density at radius 2 is 2.44 bits per heavy atom. The maximum Gasteiger partial charge on any atom is 0.146 e. The third kappa shape index (κ3) is 1.28. The lowest BCUT2D eigenvalue weighted by Gasteiger charge is -1.92. The van der Waals surface area contributed by atoms with Crippen molar-refractivity contribution in [3.8, 4) is 0 Å². The van der Waals surface area contributed by atoms with Crippen molar-refractivity contribution in [1.82, 2.24) is 0 Å². The summed E-state index contributed by atoms with van der Waals surface area (Å²) in [6.45, 7) is 2.10. The van der Waals surface area contributed by atoms with Crippen LogP contribution in [0, 0.1) is 0 Å². The van der Waals surface area contributed by atoms with E-state index in [2.05, 4.69) is 6.92 Å². The Hall–Kier alpha value is -0.850. The van der Waals surface area contributed by atoms with Crippen molar-refractivity contribution >= 4 is 6.29 Å². The number of hydrogen-bond donors (Lipinski definition) is 0. The summed E-state index contributed by atoms with van der Waals surface area (Å²) < 4.78 is 0. The molecule has 0 aromatic heterocycles. The minimum atomic E-state index is 0.875. The molecule has 1 nitrogen and oxygen atoms in total. The van der Waals surface area contributed by atoms with E-state index >= 15 is 0 Å². The Morgan fingerprint density at radius 1 is 1.67 bits per heavy atom. The summed E-state index contributed by atoms with van der Waals surface area (Å²) in [5.74, 6) is 0. The molecule has 0 amide bonds. The van der Waals surface area contributed by atoms with Gasteiger partial charge in [0.15, 0.2) is 0 Å². The summed E-state index contributed by atoms with van der Waals surface area (Å²) in [5, 5.41) is 0. The third-order valence-corrected chi connectivity index (χ3v) is 1.57. The molecule has 0 radical (unpaired) electrons. The molecular weight excluding hydrogens is 112 g/mol. The lowest BCUT2D eigenvalue weighted by atomic mass is 10.1. The van der Waals surface area contributed by atoms with E-state index in [9.17, 15) is 4.79 Å². The molecule has 9 heavy (non-hydrogen) atoms. The van der Waals surface area contributed by atoms with E-state index in [1.54, 1.807) is 0 Å². The maximum absolute atomic E-state index is 10.2. The summed E-state index contributed by atoms with van der Waals surface area (Å²) >= 11 is 0. The molecule has 48 valence electrons. The zero-order chi connectivity index (χ0) is 6.69. The van der Waals surface area contributed by atoms with E-state index in [-0.39, 0.29) is 0 Å². The molecule has 0 bridgehead atoms. The van der Waals surface area contributed by atoms with Gasteiger partial charge in [-0.15, -0.1) is 0 Å². The molecular formula is C8H10O. The van der Waals surface area contributed by atoms with E-state index in [1.807, 2.05) is 12.2 Å². The first-order valence-corrected chi connectivity index (χ1v) is 3.20. The van der Waals surface area contributed by atoms with Crippen LogP contribution in [0.15, 0.2) is 23.3 Å². The zero-order valence-electron chi connectivity index (χ0n) is 5.55. The molecule has 1 rings (SSSR count). The first kappa shape index (κ1) is 6.27. The van der Waals surface area contributed by atoms with Gasteiger partial charge in [0, 0.05) is 0 Å². The van der Waals surface area contributed by atoms with Crippen molar-refractivity contribution in [1.29, 1.82) is 0 Å². The normalized spacial score (nSPS) is 17.0. The van der Waals surface area contributed by atoms with Crippen LogP contribution in [0.4, 0.5) is 0 Å². The standard InChI is InChI=1S/C8H10O/c1-2-7-3-4-8(5-7)6-9/h3-4,6H,2,5H2,1H3. The van der Waals surface area contributed by atoms with Crippen molar-refractivity contribution in [3.63, 3.8) is 0 Å². The maximum atomic E-state index is 10.2. The molecule has 1 aliphatic carbocycles. The highest BCUT2D eigenvalue weighted by Crippen LogP contribution is 2.18. The van der Waals surface area contributed by atoms with Crippen LogP contribution in [-0.4, -0.2) is 6.29 Å². The third-order valence-electron chi connectivity index (χ3n) is 1.57. The fourth-order valence-electron chi connectivity index (χ4n) is 0.929. The first-order valence-electron chi connectivity index (χ1n) is 3.20. The molecule has 0 aromatic rings. The van der Waals surface area contributed by atoms with Gasteiger partial charge in [-0.3, -0.25) is 4.79 Å². The van der Waals surface area contributed by atoms with Crippen LogP contribution < -0.4 is 0 Å². The largest absolute Gasteiger partial charge is 0.298 e. The van der Waals surface area contributed by atoms with Gasteiger partial charge in [-0.1, -0.05) is 24.6 Å². The van der Waals surface area contributed by atoms with Gasteiger partial charge in [-0.25, -0.2) is 0 Å². The molecule has 0 saturated carbocycles. The summed E-state index contributed by atoms with van der Waals surface area (Å²) in [6.07, 6.45) is 6.79. The predicted molar refractivity (Wildman–Crippen MR) is 37.1 cm³/mol. The second-order valence-corrected chi connectivity index (χ2v) is 2.21. The second-order valence-electron chi connectivity index (χ2n) is 2.21. The molecule has 0 spiro atoms. The Bertz CT molecular complexity index is 175. The number of carbonyl (C=O) groups is 1. The van der Waals surface area contributed by atoms with Gasteiger partial charge in [0.1, 0.15) is 6.29 Å². The number of rotatable bonds is 2. The summed E-state index contributed by atoms with van der Waals surface area (Å²) in [7, 11) is 0. The fourth-order valence-corrected chi connectivity index (χ4v) is 0.929. The topological polar surface area (TPSA) is 17.1 Å². The SMILES string of the molecule is CCC1=CC=C(C=O)C1. The van der Waals surface area contributed by atoms with Crippen LogP contribution in [0.2, 0.25) is 0 Å². The van der Waals surface area contributed by atoms with Crippen LogP contribution >= 0.6 is 0 Å². The number of allylic oxidation sites excluding steroid dienone is 4. The first-order chi connectivity index (χ1) is 4.36. The average molecular weight is 122 g/mol. The Balaban J connectivity index is 2.52. The molecule has 0 N–H and O–H groups in total. The number of aldehydes is 1. The molecule has 0 saturated heterocycles. The lowest BCUT2D eigenvalue weighted by molar-refractivity contribution is -0.104. The molecule has 1 aliphatic rings. The van der Waals surface area contributed by atoms with Crippen molar-refractivity contribution in [2.24, 2.45) is 0 Å². The fraction of sp³-hybridized carbons (Fsp3) is 0.375. The van der Waals surface area contributed by atoms with Gasteiger partial charge >= 0.3 is 0 Å². The van der Waals surface area contributed by atoms with Gasteiger partial charge in [-0.05, 0) is 18.4 Å². The quantitative estimate of drug-likeness (QED) is 0.511. The van der Waals surface area contributed by atoms with Crippen LogP contribution in [0.3, 0.4) is 0 Å². The predicted octanol–water partition coefficient (Wildman–Crippen LogP) is 1.85. The lowest BCUT2D eigenvalue weighted by Crippen LogP contribution is -1.80. The number of hydrogen-bond acceptors (Lipinski definition) is 1. The van der Waals surface area contributed by atoms with Crippen LogP contribution in [0.25, 0.3) is 0 Å². The molecule has 0 heterocycles. The molecule has 0 fully saturated rings. The van der Waals surface area contributed by atoms with Crippen LogP contribution in [-0.2, 0) is 4.79 Å². The smallest absolute Gasteiger partial charge is 0.146 e. The highest BCUT2D eigenvalue weighted by Gasteiger charge is 2.03. The molecule has 1 heteroatoms. The van der Waals surface area contributed by atoms with Crippen LogP contribution in [0.5, 0.6) is 0 Å². The summed E-state index contributed by atoms with van der Waals surface area (Å²) in [4.78, 5) is 10.2. The Morgan fingerprint density at radius 3 is 2.78 bits per heavy atom. The molecule has 0 unspecified atom stereocenters. The van der Waals surface area contributed by atoms with Crippen molar-refractivity contribution in [3.05, 3.63) is 23.3 Å². The van der Waals surface area contributed by atoms with E-state index in [0.717, 1.165) is 24.7 Å². The molecule has 0 aliphatic heterocycles. The Kier molecular flexibility index (Phi) is 1.83. The highest BCUT2D eigenvalue weighted by molar-refractivity contribution is 5.76. The van der Waals surface area contributed by atoms with E-state index in [1.165, 1.54) is 5.57 Å². The second kappa shape index (κ2) is 2.62. The summed E-state index contributed by atoms with van der Waals surface area (Å²) in [6, 6.07) is 0. The number of carbonyl (C=O) groups excluding carboxylic acids is 1. The van der Waals surface area contributed by atoms with Gasteiger partial charge < -0.3 is 0 Å². The van der Waals surface area contributed by atoms with Crippen molar-refractivity contribution in [2.75, 3.05) is 0 Å². The van der Waals surface area contributed by atoms with Gasteiger partial charge in [0.25, 0.3) is 0 Å². The van der Waals surface area contributed by atoms with Gasteiger partial charge in [-0.2, -0.15) is 0 Å². The average Bonchev–Trinajstić information content (AvgIpc) is 2.34. The van der Waals surface area contributed by atoms with Crippen molar-refractivity contribution in [2.45, 2.75) is 19.8 Å². The van der Waals surface area contributed by atoms with Crippen molar-refractivity contribution < 1.29 is 4.79 Å². The van der Waals surface area contributed by atoms with Gasteiger partial charge in [0.05, 0.1) is 0 Å². The molecule has 0 aromatic carbocycles. The highest BCUT2D eigenvalue weighted by atomic mass is 16.1. The zero-order valence-corrected chi connectivity index (χ0v) is 5.55. The monoisotopic (exact) mass is 122 g/mol. The van der Waals surface area contributed by atoms with E-state index < -0.39 is 0 Å². The minimum Gasteiger partial charge on any atom is -0.298 e.